The monoisotopic (exact) mass is 553 g/mol. The van der Waals surface area contributed by atoms with Gasteiger partial charge in [-0.05, 0) is 71.6 Å². The van der Waals surface area contributed by atoms with Gasteiger partial charge in [-0.2, -0.15) is 0 Å². The predicted molar refractivity (Wildman–Crippen MR) is 169 cm³/mol. The fourth-order valence-electron chi connectivity index (χ4n) is 6.73. The van der Waals surface area contributed by atoms with Crippen LogP contribution in [0.2, 0.25) is 0 Å². The quantitative estimate of drug-likeness (QED) is 0.223. The summed E-state index contributed by atoms with van der Waals surface area (Å²) in [6, 6.07) is 39.2. The van der Waals surface area contributed by atoms with Crippen LogP contribution in [0.15, 0.2) is 126 Å². The van der Waals surface area contributed by atoms with Crippen molar-refractivity contribution in [1.82, 2.24) is 14.5 Å². The summed E-state index contributed by atoms with van der Waals surface area (Å²) in [5.74, 6) is 3.86. The number of nitrogens with zero attached hydrogens (tertiary/aromatic N) is 3. The Bertz CT molecular complexity index is 2430. The van der Waals surface area contributed by atoms with Crippen LogP contribution in [0.5, 0.6) is 23.1 Å². The van der Waals surface area contributed by atoms with E-state index in [1.54, 1.807) is 6.20 Å². The van der Waals surface area contributed by atoms with Crippen LogP contribution in [-0.2, 0) is 0 Å². The van der Waals surface area contributed by atoms with Crippen molar-refractivity contribution < 1.29 is 13.9 Å². The predicted octanol–water partition coefficient (Wildman–Crippen LogP) is 6.71. The first-order valence-corrected chi connectivity index (χ1v) is 14.3. The van der Waals surface area contributed by atoms with E-state index in [9.17, 15) is 0 Å². The van der Waals surface area contributed by atoms with Crippen molar-refractivity contribution >= 4 is 56.1 Å². The zero-order valence-corrected chi connectivity index (χ0v) is 22.7. The second-order valence-electron chi connectivity index (χ2n) is 11.0. The summed E-state index contributed by atoms with van der Waals surface area (Å²) in [4.78, 5) is 9.73. The van der Waals surface area contributed by atoms with Crippen molar-refractivity contribution in [3.63, 3.8) is 0 Å². The molecule has 43 heavy (non-hydrogen) atoms. The summed E-state index contributed by atoms with van der Waals surface area (Å²) in [6.07, 6.45) is 1.74. The Morgan fingerprint density at radius 1 is 0.628 bits per heavy atom. The van der Waals surface area contributed by atoms with Crippen molar-refractivity contribution in [2.24, 2.45) is 0 Å². The molecule has 0 atom stereocenters. The SMILES string of the molecule is c1ccc2c(c1)Oc1ccnc3c1B2c1cc(-c2nc4ccccc4n2-c2ccc4oc5ccccc5c4c2)ccc1O3. The molecule has 0 aliphatic carbocycles. The molecule has 0 saturated heterocycles. The number of rotatable bonds is 2. The third-order valence-corrected chi connectivity index (χ3v) is 8.62. The highest BCUT2D eigenvalue weighted by Crippen LogP contribution is 2.37. The lowest BCUT2D eigenvalue weighted by molar-refractivity contribution is 0.450. The maximum atomic E-state index is 6.36. The molecule has 10 rings (SSSR count). The molecule has 5 heterocycles. The summed E-state index contributed by atoms with van der Waals surface area (Å²) in [5, 5.41) is 2.17. The number of imidazole rings is 1. The second kappa shape index (κ2) is 8.36. The van der Waals surface area contributed by atoms with E-state index < -0.39 is 0 Å². The molecule has 6 nitrogen and oxygen atoms in total. The van der Waals surface area contributed by atoms with Crippen LogP contribution in [0.25, 0.3) is 50.0 Å². The van der Waals surface area contributed by atoms with Gasteiger partial charge in [0.2, 0.25) is 5.88 Å². The molecule has 200 valence electrons. The van der Waals surface area contributed by atoms with E-state index in [0.717, 1.165) is 83.7 Å². The van der Waals surface area contributed by atoms with Gasteiger partial charge < -0.3 is 13.9 Å². The highest BCUT2D eigenvalue weighted by molar-refractivity contribution is 6.98. The van der Waals surface area contributed by atoms with Crippen LogP contribution in [0.4, 0.5) is 0 Å². The van der Waals surface area contributed by atoms with Crippen LogP contribution in [0.1, 0.15) is 0 Å². The number of fused-ring (bicyclic) bond motifs is 8. The standard InChI is InChI=1S/C36H20BN3O3/c1-5-11-29-23(7-1)24-20-22(14-16-30(24)41-29)40-28-10-4-3-9-27(28)39-35(40)21-13-15-32-26(19-21)37-25-8-2-6-12-31(25)42-33-17-18-38-36(43-32)34(33)37/h1-20H. The number of benzene rings is 5. The van der Waals surface area contributed by atoms with Gasteiger partial charge in [-0.15, -0.1) is 0 Å². The molecule has 0 bridgehead atoms. The molecule has 0 amide bonds. The van der Waals surface area contributed by atoms with Gasteiger partial charge in [-0.1, -0.05) is 54.6 Å². The summed E-state index contributed by atoms with van der Waals surface area (Å²) in [6.45, 7) is -0.0705. The minimum Gasteiger partial charge on any atom is -0.458 e. The fraction of sp³-hybridized carbons (Fsp3) is 0. The third-order valence-electron chi connectivity index (χ3n) is 8.62. The first kappa shape index (κ1) is 22.8. The van der Waals surface area contributed by atoms with Crippen molar-refractivity contribution in [3.05, 3.63) is 121 Å². The van der Waals surface area contributed by atoms with Crippen LogP contribution < -0.4 is 25.9 Å². The zero-order valence-electron chi connectivity index (χ0n) is 22.7. The molecule has 0 fully saturated rings. The average Bonchev–Trinajstić information content (AvgIpc) is 3.63. The van der Waals surface area contributed by atoms with Gasteiger partial charge >= 0.3 is 0 Å². The Morgan fingerprint density at radius 3 is 2.47 bits per heavy atom. The number of furan rings is 1. The number of pyridine rings is 1. The number of aromatic nitrogens is 3. The molecular formula is C36H20BN3O3. The van der Waals surface area contributed by atoms with Crippen molar-refractivity contribution in [3.8, 4) is 40.2 Å². The lowest BCUT2D eigenvalue weighted by Gasteiger charge is -2.32. The van der Waals surface area contributed by atoms with Crippen LogP contribution in [0.3, 0.4) is 0 Å². The van der Waals surface area contributed by atoms with Gasteiger partial charge in [0.15, 0.2) is 0 Å². The van der Waals surface area contributed by atoms with E-state index in [2.05, 4.69) is 70.2 Å². The molecule has 3 aromatic heterocycles. The largest absolute Gasteiger partial charge is 0.458 e. The van der Waals surface area contributed by atoms with Gasteiger partial charge in [0.1, 0.15) is 34.2 Å². The van der Waals surface area contributed by atoms with Gasteiger partial charge in [-0.3, -0.25) is 4.57 Å². The third kappa shape index (κ3) is 3.19. The molecule has 7 heteroatoms. The van der Waals surface area contributed by atoms with Crippen LogP contribution >= 0.6 is 0 Å². The smallest absolute Gasteiger partial charge is 0.262 e. The fourth-order valence-corrected chi connectivity index (χ4v) is 6.73. The second-order valence-corrected chi connectivity index (χ2v) is 11.0. The molecule has 0 N–H and O–H groups in total. The highest BCUT2D eigenvalue weighted by Gasteiger charge is 2.41. The zero-order chi connectivity index (χ0) is 28.1. The Balaban J connectivity index is 1.21. The molecule has 8 aromatic rings. The van der Waals surface area contributed by atoms with E-state index in [-0.39, 0.29) is 6.71 Å². The van der Waals surface area contributed by atoms with Gasteiger partial charge in [0, 0.05) is 33.7 Å². The number of ether oxygens (including phenoxy) is 2. The molecule has 0 spiro atoms. The molecule has 2 aliphatic rings. The molecule has 2 aliphatic heterocycles. The number of hydrogen-bond donors (Lipinski definition) is 0. The Labute approximate surface area is 245 Å². The average molecular weight is 553 g/mol. The molecule has 0 saturated carbocycles. The molecule has 0 radical (unpaired) electrons. The van der Waals surface area contributed by atoms with Crippen LogP contribution in [0, 0.1) is 0 Å². The Hall–Kier alpha value is -5.82. The molecular weight excluding hydrogens is 533 g/mol. The Kier molecular flexibility index (Phi) is 4.44. The van der Waals surface area contributed by atoms with Gasteiger partial charge in [-0.25, -0.2) is 9.97 Å². The lowest BCUT2D eigenvalue weighted by atomic mass is 9.35. The summed E-state index contributed by atoms with van der Waals surface area (Å²) >= 11 is 0. The van der Waals surface area contributed by atoms with E-state index >= 15 is 0 Å². The maximum Gasteiger partial charge on any atom is 0.262 e. The van der Waals surface area contributed by atoms with E-state index in [0.29, 0.717) is 5.88 Å². The first-order chi connectivity index (χ1) is 21.3. The van der Waals surface area contributed by atoms with E-state index in [1.807, 2.05) is 54.6 Å². The van der Waals surface area contributed by atoms with Crippen molar-refractivity contribution in [1.29, 1.82) is 0 Å². The summed E-state index contributed by atoms with van der Waals surface area (Å²) in [5.41, 5.74) is 8.83. The van der Waals surface area contributed by atoms with E-state index in [1.165, 1.54) is 0 Å². The topological polar surface area (TPSA) is 62.3 Å². The highest BCUT2D eigenvalue weighted by atomic mass is 16.5. The van der Waals surface area contributed by atoms with E-state index in [4.69, 9.17) is 18.9 Å². The number of para-hydroxylation sites is 4. The summed E-state index contributed by atoms with van der Waals surface area (Å²) in [7, 11) is 0. The van der Waals surface area contributed by atoms with Gasteiger partial charge in [0.05, 0.1) is 11.0 Å². The Morgan fingerprint density at radius 2 is 1.47 bits per heavy atom. The minimum absolute atomic E-state index is 0.0705. The molecule has 5 aromatic carbocycles. The van der Waals surface area contributed by atoms with Crippen molar-refractivity contribution in [2.75, 3.05) is 0 Å². The minimum atomic E-state index is -0.0705. The van der Waals surface area contributed by atoms with Crippen molar-refractivity contribution in [2.45, 2.75) is 0 Å². The number of hydrogen-bond acceptors (Lipinski definition) is 5. The summed E-state index contributed by atoms with van der Waals surface area (Å²) < 4.78 is 21.0. The normalized spacial score (nSPS) is 13.0. The van der Waals surface area contributed by atoms with Gasteiger partial charge in [0.25, 0.3) is 6.71 Å². The maximum absolute atomic E-state index is 6.36. The molecule has 0 unspecified atom stereocenters. The van der Waals surface area contributed by atoms with Crippen LogP contribution in [-0.4, -0.2) is 21.2 Å². The lowest BCUT2D eigenvalue weighted by Crippen LogP contribution is -2.57. The first-order valence-electron chi connectivity index (χ1n) is 14.3.